The van der Waals surface area contributed by atoms with E-state index in [2.05, 4.69) is 6.07 Å². The number of amides is 2. The number of carbonyl (C=O) groups is 3. The molecule has 0 spiro atoms. The van der Waals surface area contributed by atoms with Crippen LogP contribution in [-0.2, 0) is 14.3 Å². The summed E-state index contributed by atoms with van der Waals surface area (Å²) in [7, 11) is 3.48. The van der Waals surface area contributed by atoms with Crippen molar-refractivity contribution in [2.45, 2.75) is 80.7 Å². The molecule has 8 heteroatoms. The number of carbonyl (C=O) groups excluding carboxylic acids is 3. The number of benzene rings is 1. The van der Waals surface area contributed by atoms with Gasteiger partial charge in [0, 0.05) is 25.0 Å². The lowest BCUT2D eigenvalue weighted by Gasteiger charge is -2.38. The SMILES string of the molecule is CN(C(=O)CSc1ccccc1C(=O)OCC(=O)N(C)C1(C#N)CCCCC1)C1CCCCC1. The van der Waals surface area contributed by atoms with Crippen molar-refractivity contribution in [3.63, 3.8) is 0 Å². The Morgan fingerprint density at radius 1 is 1.03 bits per heavy atom. The molecule has 2 saturated carbocycles. The van der Waals surface area contributed by atoms with E-state index >= 15 is 0 Å². The molecule has 0 radical (unpaired) electrons. The van der Waals surface area contributed by atoms with E-state index in [1.165, 1.54) is 23.1 Å². The first-order valence-corrected chi connectivity index (χ1v) is 13.2. The van der Waals surface area contributed by atoms with E-state index in [-0.39, 0.29) is 17.6 Å². The normalized spacial score (nSPS) is 17.9. The number of ether oxygens (including phenoxy) is 1. The van der Waals surface area contributed by atoms with E-state index in [4.69, 9.17) is 4.74 Å². The van der Waals surface area contributed by atoms with Gasteiger partial charge in [-0.25, -0.2) is 4.79 Å². The van der Waals surface area contributed by atoms with Crippen molar-refractivity contribution in [3.8, 4) is 6.07 Å². The first kappa shape index (κ1) is 26.1. The minimum Gasteiger partial charge on any atom is -0.452 e. The molecular formula is C26H35N3O4S. The molecule has 2 fully saturated rings. The topological polar surface area (TPSA) is 90.7 Å². The zero-order valence-corrected chi connectivity index (χ0v) is 21.1. The molecule has 2 aliphatic carbocycles. The number of nitriles is 1. The summed E-state index contributed by atoms with van der Waals surface area (Å²) in [6, 6.07) is 9.59. The van der Waals surface area contributed by atoms with Crippen LogP contribution >= 0.6 is 11.8 Å². The van der Waals surface area contributed by atoms with Gasteiger partial charge in [0.1, 0.15) is 5.54 Å². The summed E-state index contributed by atoms with van der Waals surface area (Å²) in [6.45, 7) is -0.416. The van der Waals surface area contributed by atoms with Gasteiger partial charge in [-0.2, -0.15) is 5.26 Å². The van der Waals surface area contributed by atoms with E-state index in [0.717, 1.165) is 44.9 Å². The molecule has 0 N–H and O–H groups in total. The summed E-state index contributed by atoms with van der Waals surface area (Å²) < 4.78 is 5.33. The Labute approximate surface area is 206 Å². The molecule has 184 valence electrons. The largest absolute Gasteiger partial charge is 0.452 e. The molecule has 7 nitrogen and oxygen atoms in total. The maximum Gasteiger partial charge on any atom is 0.339 e. The van der Waals surface area contributed by atoms with Crippen molar-refractivity contribution in [1.29, 1.82) is 5.26 Å². The Morgan fingerprint density at radius 2 is 1.68 bits per heavy atom. The molecule has 2 amide bonds. The van der Waals surface area contributed by atoms with Gasteiger partial charge in [0.25, 0.3) is 5.91 Å². The van der Waals surface area contributed by atoms with Gasteiger partial charge in [-0.3, -0.25) is 9.59 Å². The van der Waals surface area contributed by atoms with Gasteiger partial charge in [-0.05, 0) is 37.8 Å². The summed E-state index contributed by atoms with van der Waals surface area (Å²) in [5, 5.41) is 9.69. The van der Waals surface area contributed by atoms with E-state index in [9.17, 15) is 19.6 Å². The lowest BCUT2D eigenvalue weighted by molar-refractivity contribution is -0.138. The van der Waals surface area contributed by atoms with Crippen LogP contribution in [0.2, 0.25) is 0 Å². The third-order valence-electron chi connectivity index (χ3n) is 7.21. The third kappa shape index (κ3) is 6.32. The molecule has 3 rings (SSSR count). The van der Waals surface area contributed by atoms with Crippen LogP contribution in [-0.4, -0.2) is 65.6 Å². The fraction of sp³-hybridized carbons (Fsp3) is 0.615. The average Bonchev–Trinajstić information content (AvgIpc) is 2.90. The van der Waals surface area contributed by atoms with Crippen molar-refractivity contribution >= 4 is 29.5 Å². The summed E-state index contributed by atoms with van der Waals surface area (Å²) in [5.41, 5.74) is -0.482. The van der Waals surface area contributed by atoms with Gasteiger partial charge in [-0.15, -0.1) is 11.8 Å². The minimum atomic E-state index is -0.819. The number of rotatable bonds is 8. The van der Waals surface area contributed by atoms with Crippen LogP contribution in [0, 0.1) is 11.3 Å². The first-order chi connectivity index (χ1) is 16.4. The fourth-order valence-electron chi connectivity index (χ4n) is 4.87. The van der Waals surface area contributed by atoms with E-state index < -0.39 is 18.1 Å². The highest BCUT2D eigenvalue weighted by molar-refractivity contribution is 8.00. The predicted molar refractivity (Wildman–Crippen MR) is 131 cm³/mol. The Hall–Kier alpha value is -2.53. The van der Waals surface area contributed by atoms with Gasteiger partial charge < -0.3 is 14.5 Å². The van der Waals surface area contributed by atoms with Gasteiger partial charge in [0.15, 0.2) is 6.61 Å². The van der Waals surface area contributed by atoms with Crippen LogP contribution in [0.3, 0.4) is 0 Å². The summed E-state index contributed by atoms with van der Waals surface area (Å²) in [5.74, 6) is -0.700. The number of thioether (sulfide) groups is 1. The van der Waals surface area contributed by atoms with Crippen molar-refractivity contribution < 1.29 is 19.1 Å². The van der Waals surface area contributed by atoms with Crippen molar-refractivity contribution in [1.82, 2.24) is 9.80 Å². The predicted octanol–water partition coefficient (Wildman–Crippen LogP) is 4.41. The van der Waals surface area contributed by atoms with Gasteiger partial charge in [-0.1, -0.05) is 50.7 Å². The molecule has 0 bridgehead atoms. The molecule has 0 saturated heterocycles. The van der Waals surface area contributed by atoms with Crippen LogP contribution in [0.4, 0.5) is 0 Å². The van der Waals surface area contributed by atoms with Crippen molar-refractivity contribution in [2.24, 2.45) is 0 Å². The average molecular weight is 486 g/mol. The quantitative estimate of drug-likeness (QED) is 0.400. The van der Waals surface area contributed by atoms with E-state index in [1.807, 2.05) is 18.0 Å². The number of nitrogens with zero attached hydrogens (tertiary/aromatic N) is 3. The molecule has 34 heavy (non-hydrogen) atoms. The second kappa shape index (κ2) is 12.3. The van der Waals surface area contributed by atoms with E-state index in [1.54, 1.807) is 25.2 Å². The Balaban J connectivity index is 1.56. The zero-order chi connectivity index (χ0) is 24.6. The Bertz CT molecular complexity index is 917. The molecule has 2 aliphatic rings. The Morgan fingerprint density at radius 3 is 2.35 bits per heavy atom. The summed E-state index contributed by atoms with van der Waals surface area (Å²) >= 11 is 1.31. The smallest absolute Gasteiger partial charge is 0.339 e. The maximum absolute atomic E-state index is 12.8. The first-order valence-electron chi connectivity index (χ1n) is 12.2. The lowest BCUT2D eigenvalue weighted by atomic mass is 9.81. The third-order valence-corrected chi connectivity index (χ3v) is 8.26. The van der Waals surface area contributed by atoms with Gasteiger partial charge in [0.05, 0.1) is 17.4 Å². The molecule has 1 aromatic rings. The highest BCUT2D eigenvalue weighted by Gasteiger charge is 2.39. The number of esters is 1. The molecule has 0 heterocycles. The highest BCUT2D eigenvalue weighted by Crippen LogP contribution is 2.32. The number of hydrogen-bond acceptors (Lipinski definition) is 6. The van der Waals surface area contributed by atoms with Crippen LogP contribution in [0.25, 0.3) is 0 Å². The van der Waals surface area contributed by atoms with Crippen molar-refractivity contribution in [3.05, 3.63) is 29.8 Å². The maximum atomic E-state index is 12.8. The number of likely N-dealkylation sites (N-methyl/N-ethyl adjacent to an activating group) is 1. The standard InChI is InChI=1S/C26H35N3O4S/c1-28(20-11-5-3-6-12-20)24(31)18-34-22-14-8-7-13-21(22)25(32)33-17-23(30)29(2)26(19-27)15-9-4-10-16-26/h7-8,13-14,20H,3-6,9-12,15-18H2,1-2H3. The number of hydrogen-bond donors (Lipinski definition) is 0. The highest BCUT2D eigenvalue weighted by atomic mass is 32.2. The summed E-state index contributed by atoms with van der Waals surface area (Å²) in [4.78, 5) is 42.1. The zero-order valence-electron chi connectivity index (χ0n) is 20.3. The van der Waals surface area contributed by atoms with Crippen LogP contribution < -0.4 is 0 Å². The molecular weight excluding hydrogens is 450 g/mol. The second-order valence-corrected chi connectivity index (χ2v) is 10.3. The van der Waals surface area contributed by atoms with Gasteiger partial charge in [0.2, 0.25) is 5.91 Å². The second-order valence-electron chi connectivity index (χ2n) is 9.31. The van der Waals surface area contributed by atoms with Crippen LogP contribution in [0.15, 0.2) is 29.2 Å². The van der Waals surface area contributed by atoms with Crippen LogP contribution in [0.1, 0.15) is 74.6 Å². The monoisotopic (exact) mass is 485 g/mol. The van der Waals surface area contributed by atoms with Crippen LogP contribution in [0.5, 0.6) is 0 Å². The minimum absolute atomic E-state index is 0.0474. The molecule has 0 aliphatic heterocycles. The molecule has 0 atom stereocenters. The summed E-state index contributed by atoms with van der Waals surface area (Å²) in [6.07, 6.45) is 9.81. The molecule has 1 aromatic carbocycles. The Kier molecular flexibility index (Phi) is 9.40. The fourth-order valence-corrected chi connectivity index (χ4v) is 5.84. The van der Waals surface area contributed by atoms with E-state index in [0.29, 0.717) is 29.3 Å². The van der Waals surface area contributed by atoms with Gasteiger partial charge >= 0.3 is 5.97 Å². The lowest BCUT2D eigenvalue weighted by Crippen LogP contribution is -2.51. The van der Waals surface area contributed by atoms with Crippen molar-refractivity contribution in [2.75, 3.05) is 26.5 Å². The molecule has 0 aromatic heterocycles. The molecule has 0 unspecified atom stereocenters.